The highest BCUT2D eigenvalue weighted by atomic mass is 32.1. The molecule has 1 saturated heterocycles. The average molecular weight is 282 g/mol. The van der Waals surface area contributed by atoms with Crippen molar-refractivity contribution in [1.82, 2.24) is 9.27 Å². The van der Waals surface area contributed by atoms with E-state index in [2.05, 4.69) is 21.5 Å². The Morgan fingerprint density at radius 3 is 3.11 bits per heavy atom. The van der Waals surface area contributed by atoms with Crippen LogP contribution in [0.25, 0.3) is 0 Å². The van der Waals surface area contributed by atoms with Crippen LogP contribution >= 0.6 is 11.5 Å². The summed E-state index contributed by atoms with van der Waals surface area (Å²) in [6.07, 6.45) is 2.77. The third-order valence-corrected chi connectivity index (χ3v) is 4.74. The summed E-state index contributed by atoms with van der Waals surface area (Å²) in [5.74, 6) is 1.36. The van der Waals surface area contributed by atoms with Crippen LogP contribution in [0, 0.1) is 0 Å². The molecule has 1 unspecified atom stereocenters. The summed E-state index contributed by atoms with van der Waals surface area (Å²) in [7, 11) is 0. The summed E-state index contributed by atoms with van der Waals surface area (Å²) >= 11 is 1.48. The third kappa shape index (κ3) is 3.01. The predicted octanol–water partition coefficient (Wildman–Crippen LogP) is 1.74. The second-order valence-corrected chi connectivity index (χ2v) is 6.13. The zero-order valence-electron chi connectivity index (χ0n) is 11.4. The number of hydrogen-bond donors (Lipinski definition) is 2. The maximum absolute atomic E-state index is 5.95. The van der Waals surface area contributed by atoms with Crippen LogP contribution in [0.15, 0.2) is 0 Å². The minimum atomic E-state index is 0.268. The molecule has 1 aromatic heterocycles. The van der Waals surface area contributed by atoms with Crippen molar-refractivity contribution in [3.8, 4) is 0 Å². The minimum Gasteiger partial charge on any atom is -0.383 e. The van der Waals surface area contributed by atoms with Gasteiger partial charge in [0.1, 0.15) is 10.8 Å². The lowest BCUT2D eigenvalue weighted by Gasteiger charge is -2.32. The Morgan fingerprint density at radius 1 is 1.53 bits per heavy atom. The average Bonchev–Trinajstić information content (AvgIpc) is 3.20. The molecular weight excluding hydrogens is 260 g/mol. The number of anilines is 2. The molecule has 1 aromatic rings. The zero-order chi connectivity index (χ0) is 13.2. The standard InChI is InChI=1S/C13H22N4OS/c1-2-17-5-6-18-10(8-17)7-15-13-11(9-3-4-9)12(14)16-19-13/h9-10,15H,2-8H2,1H3,(H2,14,16). The Balaban J connectivity index is 1.57. The second kappa shape index (κ2) is 5.64. The van der Waals surface area contributed by atoms with E-state index in [-0.39, 0.29) is 6.10 Å². The van der Waals surface area contributed by atoms with Gasteiger partial charge in [0.25, 0.3) is 0 Å². The van der Waals surface area contributed by atoms with E-state index in [4.69, 9.17) is 10.5 Å². The van der Waals surface area contributed by atoms with E-state index in [9.17, 15) is 0 Å². The summed E-state index contributed by atoms with van der Waals surface area (Å²) in [6, 6.07) is 0. The largest absolute Gasteiger partial charge is 0.383 e. The highest BCUT2D eigenvalue weighted by Crippen LogP contribution is 2.47. The zero-order valence-corrected chi connectivity index (χ0v) is 12.2. The van der Waals surface area contributed by atoms with Gasteiger partial charge in [-0.1, -0.05) is 6.92 Å². The Kier molecular flexibility index (Phi) is 3.91. The number of morpholine rings is 1. The first-order valence-corrected chi connectivity index (χ1v) is 7.88. The molecule has 106 valence electrons. The van der Waals surface area contributed by atoms with Crippen molar-refractivity contribution in [2.75, 3.05) is 43.8 Å². The van der Waals surface area contributed by atoms with E-state index in [1.807, 2.05) is 0 Å². The number of rotatable bonds is 5. The van der Waals surface area contributed by atoms with Crippen molar-refractivity contribution in [1.29, 1.82) is 0 Å². The van der Waals surface area contributed by atoms with Gasteiger partial charge in [-0.3, -0.25) is 4.90 Å². The van der Waals surface area contributed by atoms with E-state index in [1.165, 1.54) is 29.9 Å². The number of likely N-dealkylation sites (N-methyl/N-ethyl adjacent to an activating group) is 1. The van der Waals surface area contributed by atoms with Gasteiger partial charge < -0.3 is 15.8 Å². The van der Waals surface area contributed by atoms with Crippen molar-refractivity contribution in [3.63, 3.8) is 0 Å². The molecule has 1 atom stereocenters. The molecule has 2 aliphatic rings. The normalized spacial score (nSPS) is 24.6. The quantitative estimate of drug-likeness (QED) is 0.861. The van der Waals surface area contributed by atoms with E-state index < -0.39 is 0 Å². The fourth-order valence-electron chi connectivity index (χ4n) is 2.60. The molecule has 2 fully saturated rings. The van der Waals surface area contributed by atoms with Gasteiger partial charge >= 0.3 is 0 Å². The number of nitrogen functional groups attached to an aromatic ring is 1. The molecule has 19 heavy (non-hydrogen) atoms. The van der Waals surface area contributed by atoms with E-state index in [0.717, 1.165) is 43.6 Å². The van der Waals surface area contributed by atoms with Crippen LogP contribution in [0.4, 0.5) is 10.8 Å². The first-order valence-electron chi connectivity index (χ1n) is 7.10. The maximum atomic E-state index is 5.95. The highest BCUT2D eigenvalue weighted by Gasteiger charge is 2.30. The Bertz CT molecular complexity index is 432. The van der Waals surface area contributed by atoms with Crippen LogP contribution in [-0.2, 0) is 4.74 Å². The molecule has 3 N–H and O–H groups in total. The summed E-state index contributed by atoms with van der Waals surface area (Å²) in [6.45, 7) is 7.04. The fourth-order valence-corrected chi connectivity index (χ4v) is 3.41. The van der Waals surface area contributed by atoms with Crippen LogP contribution in [0.3, 0.4) is 0 Å². The van der Waals surface area contributed by atoms with Gasteiger partial charge in [0.2, 0.25) is 0 Å². The monoisotopic (exact) mass is 282 g/mol. The molecule has 0 spiro atoms. The van der Waals surface area contributed by atoms with Gasteiger partial charge in [0.15, 0.2) is 0 Å². The van der Waals surface area contributed by atoms with Crippen LogP contribution in [0.2, 0.25) is 0 Å². The molecular formula is C13H22N4OS. The first kappa shape index (κ1) is 13.1. The van der Waals surface area contributed by atoms with Crippen molar-refractivity contribution in [3.05, 3.63) is 5.56 Å². The maximum Gasteiger partial charge on any atom is 0.142 e. The molecule has 6 heteroatoms. The summed E-state index contributed by atoms with van der Waals surface area (Å²) in [4.78, 5) is 2.43. The third-order valence-electron chi connectivity index (χ3n) is 3.90. The van der Waals surface area contributed by atoms with Crippen LogP contribution in [-0.4, -0.2) is 48.2 Å². The highest BCUT2D eigenvalue weighted by molar-refractivity contribution is 7.10. The summed E-state index contributed by atoms with van der Waals surface area (Å²) in [5, 5.41) is 4.64. The van der Waals surface area contributed by atoms with E-state index in [0.29, 0.717) is 5.92 Å². The molecule has 0 amide bonds. The number of nitrogens with two attached hydrogens (primary N) is 1. The number of ether oxygens (including phenoxy) is 1. The number of nitrogens with one attached hydrogen (secondary N) is 1. The first-order chi connectivity index (χ1) is 9.28. The van der Waals surface area contributed by atoms with E-state index >= 15 is 0 Å². The number of nitrogens with zero attached hydrogens (tertiary/aromatic N) is 2. The fraction of sp³-hybridized carbons (Fsp3) is 0.769. The van der Waals surface area contributed by atoms with Crippen molar-refractivity contribution >= 4 is 22.4 Å². The van der Waals surface area contributed by atoms with Crippen LogP contribution in [0.5, 0.6) is 0 Å². The van der Waals surface area contributed by atoms with Gasteiger partial charge in [-0.05, 0) is 36.8 Å². The molecule has 1 saturated carbocycles. The van der Waals surface area contributed by atoms with Crippen molar-refractivity contribution in [2.24, 2.45) is 0 Å². The molecule has 0 radical (unpaired) electrons. The summed E-state index contributed by atoms with van der Waals surface area (Å²) in [5.41, 5.74) is 7.20. The van der Waals surface area contributed by atoms with Crippen LogP contribution in [0.1, 0.15) is 31.2 Å². The van der Waals surface area contributed by atoms with Crippen molar-refractivity contribution in [2.45, 2.75) is 31.8 Å². The number of hydrogen-bond acceptors (Lipinski definition) is 6. The molecule has 2 heterocycles. The second-order valence-electron chi connectivity index (χ2n) is 5.35. The van der Waals surface area contributed by atoms with Gasteiger partial charge in [-0.2, -0.15) is 4.37 Å². The minimum absolute atomic E-state index is 0.268. The lowest BCUT2D eigenvalue weighted by Crippen LogP contribution is -2.45. The smallest absolute Gasteiger partial charge is 0.142 e. The molecule has 5 nitrogen and oxygen atoms in total. The Hall–Kier alpha value is -0.850. The Labute approximate surface area is 118 Å². The van der Waals surface area contributed by atoms with E-state index in [1.54, 1.807) is 0 Å². The van der Waals surface area contributed by atoms with Crippen LogP contribution < -0.4 is 11.1 Å². The number of aromatic nitrogens is 1. The molecule has 1 aliphatic carbocycles. The van der Waals surface area contributed by atoms with Gasteiger partial charge in [0.05, 0.1) is 12.7 Å². The van der Waals surface area contributed by atoms with Gasteiger partial charge in [0, 0.05) is 25.2 Å². The predicted molar refractivity (Wildman–Crippen MR) is 78.8 cm³/mol. The molecule has 1 aliphatic heterocycles. The topological polar surface area (TPSA) is 63.4 Å². The SMILES string of the molecule is CCN1CCOC(CNc2snc(N)c2C2CC2)C1. The summed E-state index contributed by atoms with van der Waals surface area (Å²) < 4.78 is 10.1. The Morgan fingerprint density at radius 2 is 2.37 bits per heavy atom. The molecule has 3 rings (SSSR count). The lowest BCUT2D eigenvalue weighted by molar-refractivity contribution is -0.0191. The van der Waals surface area contributed by atoms with Crippen molar-refractivity contribution < 1.29 is 4.74 Å². The van der Waals surface area contributed by atoms with Gasteiger partial charge in [-0.25, -0.2) is 0 Å². The molecule has 0 bridgehead atoms. The molecule has 0 aromatic carbocycles. The van der Waals surface area contributed by atoms with Gasteiger partial charge in [-0.15, -0.1) is 0 Å². The lowest BCUT2D eigenvalue weighted by atomic mass is 10.2.